The number of amides is 1. The van der Waals surface area contributed by atoms with Crippen molar-refractivity contribution in [2.45, 2.75) is 20.0 Å². The van der Waals surface area contributed by atoms with Gasteiger partial charge in [0.15, 0.2) is 5.75 Å². The summed E-state index contributed by atoms with van der Waals surface area (Å²) in [5.41, 5.74) is 1.10. The predicted octanol–water partition coefficient (Wildman–Crippen LogP) is 5.28. The van der Waals surface area contributed by atoms with Gasteiger partial charge in [-0.25, -0.2) is 0 Å². The highest BCUT2D eigenvalue weighted by Crippen LogP contribution is 2.36. The van der Waals surface area contributed by atoms with Crippen LogP contribution in [-0.4, -0.2) is 19.1 Å². The van der Waals surface area contributed by atoms with Gasteiger partial charge in [-0.3, -0.25) is 4.79 Å². The van der Waals surface area contributed by atoms with Crippen LogP contribution in [0.15, 0.2) is 40.9 Å². The molecule has 0 aliphatic heterocycles. The van der Waals surface area contributed by atoms with Crippen LogP contribution in [0.25, 0.3) is 0 Å². The van der Waals surface area contributed by atoms with Crippen LogP contribution in [0.1, 0.15) is 12.5 Å². The van der Waals surface area contributed by atoms with Gasteiger partial charge in [-0.2, -0.15) is 8.78 Å². The third-order valence-electron chi connectivity index (χ3n) is 3.08. The largest absolute Gasteiger partial charge is 0.491 e. The molecule has 0 aliphatic carbocycles. The van der Waals surface area contributed by atoms with Crippen molar-refractivity contribution in [3.8, 4) is 11.5 Å². The summed E-state index contributed by atoms with van der Waals surface area (Å²) in [5, 5.41) is 3.19. The average molecular weight is 435 g/mol. The van der Waals surface area contributed by atoms with Gasteiger partial charge in [0, 0.05) is 5.02 Å². The highest BCUT2D eigenvalue weighted by atomic mass is 79.9. The molecule has 1 N–H and O–H groups in total. The zero-order valence-electron chi connectivity index (χ0n) is 13.2. The molecule has 2 aromatic carbocycles. The van der Waals surface area contributed by atoms with Crippen LogP contribution < -0.4 is 14.8 Å². The third-order valence-corrected chi connectivity index (χ3v) is 3.89. The Bertz CT molecular complexity index is 741. The summed E-state index contributed by atoms with van der Waals surface area (Å²) >= 11 is 9.36. The molecule has 0 radical (unpaired) electrons. The number of carbonyl (C=O) groups excluding carboxylic acids is 1. The summed E-state index contributed by atoms with van der Waals surface area (Å²) in [5.74, 6) is 0.232. The maximum Gasteiger partial charge on any atom is 0.387 e. The molecular weight excluding hydrogens is 420 g/mol. The summed E-state index contributed by atoms with van der Waals surface area (Å²) in [7, 11) is 0. The van der Waals surface area contributed by atoms with Gasteiger partial charge < -0.3 is 14.8 Å². The molecule has 4 nitrogen and oxygen atoms in total. The molecule has 0 saturated carbocycles. The Labute approximate surface area is 157 Å². The fourth-order valence-electron chi connectivity index (χ4n) is 2.11. The van der Waals surface area contributed by atoms with Crippen LogP contribution in [0.5, 0.6) is 11.5 Å². The molecule has 134 valence electrons. The van der Waals surface area contributed by atoms with E-state index in [4.69, 9.17) is 16.3 Å². The van der Waals surface area contributed by atoms with Gasteiger partial charge in [-0.05, 0) is 52.7 Å². The molecule has 0 fully saturated rings. The highest BCUT2D eigenvalue weighted by molar-refractivity contribution is 9.10. The standard InChI is InChI=1S/C17H15BrClF2NO3/c1-2-24-16-13(18)8-11(19)9-14(16)22-15(23)7-10-3-5-12(6-4-10)25-17(20)21/h3-6,8-9,17H,2,7H2,1H3,(H,22,23). The molecule has 0 saturated heterocycles. The number of ether oxygens (including phenoxy) is 2. The van der Waals surface area contributed by atoms with E-state index >= 15 is 0 Å². The number of hydrogen-bond acceptors (Lipinski definition) is 3. The van der Waals surface area contributed by atoms with Gasteiger partial charge >= 0.3 is 6.61 Å². The van der Waals surface area contributed by atoms with Crippen molar-refractivity contribution in [3.63, 3.8) is 0 Å². The minimum atomic E-state index is -2.88. The fourth-order valence-corrected chi connectivity index (χ4v) is 3.04. The Kier molecular flexibility index (Phi) is 7.01. The van der Waals surface area contributed by atoms with Gasteiger partial charge in [0.05, 0.1) is 23.2 Å². The topological polar surface area (TPSA) is 47.6 Å². The van der Waals surface area contributed by atoms with E-state index in [1.165, 1.54) is 12.1 Å². The van der Waals surface area contributed by atoms with Crippen molar-refractivity contribution in [1.82, 2.24) is 0 Å². The monoisotopic (exact) mass is 433 g/mol. The lowest BCUT2D eigenvalue weighted by Gasteiger charge is -2.14. The molecule has 0 atom stereocenters. The molecule has 2 aromatic rings. The molecule has 0 heterocycles. The first-order chi connectivity index (χ1) is 11.9. The number of alkyl halides is 2. The van der Waals surface area contributed by atoms with Crippen LogP contribution in [0, 0.1) is 0 Å². The van der Waals surface area contributed by atoms with E-state index in [0.717, 1.165) is 0 Å². The smallest absolute Gasteiger partial charge is 0.387 e. The Balaban J connectivity index is 2.07. The third kappa shape index (κ3) is 5.86. The second-order valence-corrected chi connectivity index (χ2v) is 6.24. The van der Waals surface area contributed by atoms with E-state index < -0.39 is 6.61 Å². The van der Waals surface area contributed by atoms with E-state index in [2.05, 4.69) is 26.0 Å². The first-order valence-electron chi connectivity index (χ1n) is 7.34. The van der Waals surface area contributed by atoms with E-state index in [1.54, 1.807) is 24.3 Å². The van der Waals surface area contributed by atoms with Crippen molar-refractivity contribution in [3.05, 3.63) is 51.5 Å². The lowest BCUT2D eigenvalue weighted by atomic mass is 10.1. The zero-order chi connectivity index (χ0) is 18.4. The number of nitrogens with one attached hydrogen (secondary N) is 1. The molecule has 0 bridgehead atoms. The van der Waals surface area contributed by atoms with Crippen LogP contribution in [0.2, 0.25) is 5.02 Å². The normalized spacial score (nSPS) is 10.6. The second kappa shape index (κ2) is 9.01. The highest BCUT2D eigenvalue weighted by Gasteiger charge is 2.13. The number of benzene rings is 2. The van der Waals surface area contributed by atoms with Crippen molar-refractivity contribution in [2.75, 3.05) is 11.9 Å². The summed E-state index contributed by atoms with van der Waals surface area (Å²) < 4.78 is 34.7. The number of halogens is 4. The van der Waals surface area contributed by atoms with Crippen LogP contribution in [0.4, 0.5) is 14.5 Å². The van der Waals surface area contributed by atoms with Gasteiger partial charge in [0.1, 0.15) is 5.75 Å². The summed E-state index contributed by atoms with van der Waals surface area (Å²) in [6.07, 6.45) is 0.0602. The number of hydrogen-bond donors (Lipinski definition) is 1. The van der Waals surface area contributed by atoms with Crippen molar-refractivity contribution in [2.24, 2.45) is 0 Å². The van der Waals surface area contributed by atoms with E-state index in [9.17, 15) is 13.6 Å². The zero-order valence-corrected chi connectivity index (χ0v) is 15.5. The van der Waals surface area contributed by atoms with Gasteiger partial charge in [-0.15, -0.1) is 0 Å². The molecule has 0 spiro atoms. The van der Waals surface area contributed by atoms with Gasteiger partial charge in [0.2, 0.25) is 5.91 Å². The first-order valence-corrected chi connectivity index (χ1v) is 8.51. The molecule has 0 aromatic heterocycles. The number of anilines is 1. The fraction of sp³-hybridized carbons (Fsp3) is 0.235. The second-order valence-electron chi connectivity index (χ2n) is 4.94. The minimum Gasteiger partial charge on any atom is -0.491 e. The number of rotatable bonds is 7. The summed E-state index contributed by atoms with van der Waals surface area (Å²) in [6, 6.07) is 9.13. The minimum absolute atomic E-state index is 0.0385. The Morgan fingerprint density at radius 3 is 2.56 bits per heavy atom. The van der Waals surface area contributed by atoms with E-state index in [-0.39, 0.29) is 18.1 Å². The first kappa shape index (κ1) is 19.5. The van der Waals surface area contributed by atoms with Gasteiger partial charge in [-0.1, -0.05) is 23.7 Å². The van der Waals surface area contributed by atoms with Crippen LogP contribution >= 0.6 is 27.5 Å². The Morgan fingerprint density at radius 1 is 1.28 bits per heavy atom. The number of carbonyl (C=O) groups is 1. The lowest BCUT2D eigenvalue weighted by molar-refractivity contribution is -0.115. The van der Waals surface area contributed by atoms with E-state index in [0.29, 0.717) is 33.1 Å². The average Bonchev–Trinajstić information content (AvgIpc) is 2.52. The predicted molar refractivity (Wildman–Crippen MR) is 95.7 cm³/mol. The molecule has 1 amide bonds. The summed E-state index contributed by atoms with van der Waals surface area (Å²) in [6.45, 7) is -0.628. The molecule has 0 aliphatic rings. The van der Waals surface area contributed by atoms with Crippen molar-refractivity contribution >= 4 is 39.1 Å². The maximum atomic E-state index is 12.2. The van der Waals surface area contributed by atoms with Gasteiger partial charge in [0.25, 0.3) is 0 Å². The summed E-state index contributed by atoms with van der Waals surface area (Å²) in [4.78, 5) is 12.2. The Morgan fingerprint density at radius 2 is 1.96 bits per heavy atom. The van der Waals surface area contributed by atoms with Crippen LogP contribution in [-0.2, 0) is 11.2 Å². The van der Waals surface area contributed by atoms with Crippen LogP contribution in [0.3, 0.4) is 0 Å². The lowest BCUT2D eigenvalue weighted by Crippen LogP contribution is -2.15. The quantitative estimate of drug-likeness (QED) is 0.645. The van der Waals surface area contributed by atoms with E-state index in [1.807, 2.05) is 6.92 Å². The maximum absolute atomic E-state index is 12.2. The molecule has 25 heavy (non-hydrogen) atoms. The SMILES string of the molecule is CCOc1c(Br)cc(Cl)cc1NC(=O)Cc1ccc(OC(F)F)cc1. The molecule has 8 heteroatoms. The van der Waals surface area contributed by atoms with Crippen molar-refractivity contribution in [1.29, 1.82) is 0 Å². The Hall–Kier alpha value is -1.86. The molecule has 2 rings (SSSR count). The molecule has 0 unspecified atom stereocenters. The van der Waals surface area contributed by atoms with Crippen molar-refractivity contribution < 1.29 is 23.0 Å². The molecular formula is C17H15BrClF2NO3.